The number of carbonyl (C=O) groups excluding carboxylic acids is 1. The van der Waals surface area contributed by atoms with Crippen molar-refractivity contribution in [2.45, 2.75) is 38.1 Å². The van der Waals surface area contributed by atoms with Gasteiger partial charge < -0.3 is 4.90 Å². The lowest BCUT2D eigenvalue weighted by Gasteiger charge is -2.40. The van der Waals surface area contributed by atoms with Crippen molar-refractivity contribution in [3.8, 4) is 11.8 Å². The summed E-state index contributed by atoms with van der Waals surface area (Å²) in [5, 5.41) is 0.697. The minimum absolute atomic E-state index is 0.101. The number of carbonyl (C=O) groups is 1. The molecule has 1 aliphatic heterocycles. The van der Waals surface area contributed by atoms with Gasteiger partial charge in [0.05, 0.1) is 6.20 Å². The van der Waals surface area contributed by atoms with Crippen LogP contribution in [0.2, 0.25) is 0 Å². The van der Waals surface area contributed by atoms with E-state index in [-0.39, 0.29) is 5.91 Å². The first-order valence-electron chi connectivity index (χ1n) is 9.86. The van der Waals surface area contributed by atoms with Crippen LogP contribution in [-0.2, 0) is 0 Å². The molecular formula is C22H25N3OS. The van der Waals surface area contributed by atoms with Crippen LogP contribution in [0.25, 0.3) is 0 Å². The van der Waals surface area contributed by atoms with Gasteiger partial charge in [0.15, 0.2) is 5.01 Å². The average molecular weight is 380 g/mol. The van der Waals surface area contributed by atoms with Crippen LogP contribution in [0.3, 0.4) is 0 Å². The Kier molecular flexibility index (Phi) is 5.86. The minimum Gasteiger partial charge on any atom is -0.335 e. The minimum atomic E-state index is 0.101. The maximum Gasteiger partial charge on any atom is 0.265 e. The fourth-order valence-corrected chi connectivity index (χ4v) is 4.71. The monoisotopic (exact) mass is 379 g/mol. The van der Waals surface area contributed by atoms with Gasteiger partial charge in [0.25, 0.3) is 5.91 Å². The van der Waals surface area contributed by atoms with Gasteiger partial charge in [-0.25, -0.2) is 4.98 Å². The molecule has 2 aliphatic rings. The summed E-state index contributed by atoms with van der Waals surface area (Å²) in [6.07, 6.45) is 8.43. The summed E-state index contributed by atoms with van der Waals surface area (Å²) in [6, 6.07) is 10.6. The normalized spacial score (nSPS) is 18.7. The summed E-state index contributed by atoms with van der Waals surface area (Å²) in [4.78, 5) is 22.4. The highest BCUT2D eigenvalue weighted by Crippen LogP contribution is 2.24. The number of hydrogen-bond acceptors (Lipinski definition) is 4. The number of piperazine rings is 1. The third-order valence-electron chi connectivity index (χ3n) is 5.50. The van der Waals surface area contributed by atoms with Crippen molar-refractivity contribution in [3.05, 3.63) is 52.0 Å². The van der Waals surface area contributed by atoms with Crippen molar-refractivity contribution < 1.29 is 4.79 Å². The third kappa shape index (κ3) is 4.58. The van der Waals surface area contributed by atoms with Crippen LogP contribution >= 0.6 is 11.3 Å². The van der Waals surface area contributed by atoms with Gasteiger partial charge >= 0.3 is 0 Å². The van der Waals surface area contributed by atoms with Gasteiger partial charge in [-0.2, -0.15) is 0 Å². The Balaban J connectivity index is 1.34. The SMILES string of the molecule is O=C(c1cnc(C#Cc2ccccc2)s1)N1CCN(C2CCCCC2)CC1. The van der Waals surface area contributed by atoms with Crippen LogP contribution < -0.4 is 0 Å². The van der Waals surface area contributed by atoms with E-state index in [1.165, 1.54) is 43.4 Å². The highest BCUT2D eigenvalue weighted by molar-refractivity contribution is 7.14. The van der Waals surface area contributed by atoms with Crippen molar-refractivity contribution in [1.29, 1.82) is 0 Å². The molecule has 1 aliphatic carbocycles. The summed E-state index contributed by atoms with van der Waals surface area (Å²) in [5.74, 6) is 6.27. The standard InChI is InChI=1S/C22H25N3OS/c26-22(25-15-13-24(14-16-25)19-9-5-2-6-10-19)20-17-23-21(27-20)12-11-18-7-3-1-4-8-18/h1,3-4,7-8,17,19H,2,5-6,9-10,13-16H2. The maximum atomic E-state index is 12.8. The zero-order valence-electron chi connectivity index (χ0n) is 15.6. The van der Waals surface area contributed by atoms with Crippen molar-refractivity contribution in [2.75, 3.05) is 26.2 Å². The summed E-state index contributed by atoms with van der Waals surface area (Å²) >= 11 is 1.39. The van der Waals surface area contributed by atoms with E-state index in [2.05, 4.69) is 21.7 Å². The van der Waals surface area contributed by atoms with E-state index in [4.69, 9.17) is 0 Å². The number of thiazole rings is 1. The van der Waals surface area contributed by atoms with Gasteiger partial charge in [0, 0.05) is 37.8 Å². The Morgan fingerprint density at radius 2 is 1.74 bits per heavy atom. The summed E-state index contributed by atoms with van der Waals surface area (Å²) in [6.45, 7) is 3.63. The Labute approximate surface area is 165 Å². The lowest BCUT2D eigenvalue weighted by molar-refractivity contribution is 0.0527. The van der Waals surface area contributed by atoms with Crippen LogP contribution in [0.1, 0.15) is 52.3 Å². The van der Waals surface area contributed by atoms with Gasteiger partial charge in [0.1, 0.15) is 4.88 Å². The molecule has 0 radical (unpaired) electrons. The predicted molar refractivity (Wildman–Crippen MR) is 109 cm³/mol. The molecule has 1 aromatic heterocycles. The number of amides is 1. The van der Waals surface area contributed by atoms with E-state index >= 15 is 0 Å². The highest BCUT2D eigenvalue weighted by atomic mass is 32.1. The number of aromatic nitrogens is 1. The fraction of sp³-hybridized carbons (Fsp3) is 0.455. The molecule has 1 amide bonds. The quantitative estimate of drug-likeness (QED) is 0.748. The van der Waals surface area contributed by atoms with E-state index in [9.17, 15) is 4.79 Å². The largest absolute Gasteiger partial charge is 0.335 e. The van der Waals surface area contributed by atoms with E-state index in [0.717, 1.165) is 37.8 Å². The van der Waals surface area contributed by atoms with Crippen molar-refractivity contribution in [1.82, 2.24) is 14.8 Å². The van der Waals surface area contributed by atoms with Crippen LogP contribution in [0.5, 0.6) is 0 Å². The van der Waals surface area contributed by atoms with Crippen molar-refractivity contribution in [3.63, 3.8) is 0 Å². The molecule has 2 fully saturated rings. The molecule has 5 heteroatoms. The summed E-state index contributed by atoms with van der Waals surface area (Å²) < 4.78 is 0. The van der Waals surface area contributed by atoms with Gasteiger partial charge in [-0.1, -0.05) is 43.4 Å². The molecule has 2 aromatic rings. The van der Waals surface area contributed by atoms with Crippen LogP contribution in [0.4, 0.5) is 0 Å². The molecule has 0 spiro atoms. The maximum absolute atomic E-state index is 12.8. The van der Waals surface area contributed by atoms with Gasteiger partial charge in [-0.05, 0) is 30.9 Å². The Morgan fingerprint density at radius 3 is 2.48 bits per heavy atom. The van der Waals surface area contributed by atoms with Gasteiger partial charge in [-0.15, -0.1) is 11.3 Å². The van der Waals surface area contributed by atoms with Crippen molar-refractivity contribution in [2.24, 2.45) is 0 Å². The topological polar surface area (TPSA) is 36.4 Å². The molecule has 2 heterocycles. The molecule has 1 aromatic carbocycles. The molecule has 4 nitrogen and oxygen atoms in total. The molecular weight excluding hydrogens is 354 g/mol. The Bertz CT molecular complexity index is 822. The average Bonchev–Trinajstić information content (AvgIpc) is 3.22. The van der Waals surface area contributed by atoms with Crippen LogP contribution in [0.15, 0.2) is 36.5 Å². The first-order chi connectivity index (χ1) is 13.3. The molecule has 140 valence electrons. The molecule has 1 saturated carbocycles. The zero-order chi connectivity index (χ0) is 18.5. The van der Waals surface area contributed by atoms with E-state index in [0.29, 0.717) is 9.88 Å². The van der Waals surface area contributed by atoms with Crippen LogP contribution in [-0.4, -0.2) is 52.9 Å². The molecule has 27 heavy (non-hydrogen) atoms. The smallest absolute Gasteiger partial charge is 0.265 e. The van der Waals surface area contributed by atoms with E-state index < -0.39 is 0 Å². The number of rotatable bonds is 2. The van der Waals surface area contributed by atoms with Crippen LogP contribution in [0, 0.1) is 11.8 Å². The lowest BCUT2D eigenvalue weighted by Crippen LogP contribution is -2.52. The fourth-order valence-electron chi connectivity index (χ4n) is 3.97. The second-order valence-corrected chi connectivity index (χ2v) is 8.30. The highest BCUT2D eigenvalue weighted by Gasteiger charge is 2.28. The Hall–Kier alpha value is -2.16. The first-order valence-corrected chi connectivity index (χ1v) is 10.7. The summed E-state index contributed by atoms with van der Waals surface area (Å²) in [5.41, 5.74) is 0.958. The summed E-state index contributed by atoms with van der Waals surface area (Å²) in [7, 11) is 0. The number of hydrogen-bond donors (Lipinski definition) is 0. The van der Waals surface area contributed by atoms with E-state index in [1.807, 2.05) is 35.2 Å². The van der Waals surface area contributed by atoms with Gasteiger partial charge in [-0.3, -0.25) is 9.69 Å². The van der Waals surface area contributed by atoms with Crippen molar-refractivity contribution >= 4 is 17.2 Å². The lowest BCUT2D eigenvalue weighted by atomic mass is 9.94. The second-order valence-electron chi connectivity index (χ2n) is 7.27. The molecule has 1 saturated heterocycles. The molecule has 0 atom stereocenters. The third-order valence-corrected chi connectivity index (χ3v) is 6.40. The van der Waals surface area contributed by atoms with E-state index in [1.54, 1.807) is 6.20 Å². The number of nitrogens with zero attached hydrogens (tertiary/aromatic N) is 3. The van der Waals surface area contributed by atoms with Gasteiger partial charge in [0.2, 0.25) is 0 Å². The molecule has 4 rings (SSSR count). The first kappa shape index (κ1) is 18.2. The zero-order valence-corrected chi connectivity index (χ0v) is 16.4. The molecule has 0 bridgehead atoms. The molecule has 0 unspecified atom stereocenters. The second kappa shape index (κ2) is 8.69. The number of benzene rings is 1. The predicted octanol–water partition coefficient (Wildman–Crippen LogP) is 3.63. The Morgan fingerprint density at radius 1 is 1.00 bits per heavy atom. The molecule has 0 N–H and O–H groups in total.